The van der Waals surface area contributed by atoms with Gasteiger partial charge in [-0.2, -0.15) is 0 Å². The molecule has 6 heteroatoms. The predicted octanol–water partition coefficient (Wildman–Crippen LogP) is 2.82. The van der Waals surface area contributed by atoms with Gasteiger partial charge in [-0.15, -0.1) is 0 Å². The maximum atomic E-state index is 10.8. The van der Waals surface area contributed by atoms with E-state index in [2.05, 4.69) is 36.4 Å². The van der Waals surface area contributed by atoms with Gasteiger partial charge < -0.3 is 21.1 Å². The van der Waals surface area contributed by atoms with Crippen LogP contribution in [0.5, 0.6) is 5.75 Å². The molecule has 0 aromatic heterocycles. The summed E-state index contributed by atoms with van der Waals surface area (Å²) < 4.78 is 5.33. The molecule has 1 aromatic carbocycles. The van der Waals surface area contributed by atoms with E-state index in [1.54, 1.807) is 13.1 Å². The number of nitrogens with two attached hydrogens (primary N) is 1. The number of guanidine groups is 1. The number of amides is 1. The van der Waals surface area contributed by atoms with Crippen molar-refractivity contribution in [2.75, 3.05) is 20.2 Å². The van der Waals surface area contributed by atoms with Crippen molar-refractivity contribution in [2.24, 2.45) is 16.1 Å². The Hall–Kier alpha value is -2.24. The van der Waals surface area contributed by atoms with Gasteiger partial charge in [0, 0.05) is 20.1 Å². The molecule has 26 heavy (non-hydrogen) atoms. The monoisotopic (exact) mass is 362 g/mol. The zero-order valence-corrected chi connectivity index (χ0v) is 16.6. The Morgan fingerprint density at radius 3 is 2.69 bits per heavy atom. The lowest BCUT2D eigenvalue weighted by atomic mass is 9.87. The molecule has 0 spiro atoms. The number of primary amides is 1. The molecular weight excluding hydrogens is 328 g/mol. The zero-order valence-electron chi connectivity index (χ0n) is 16.6. The van der Waals surface area contributed by atoms with Gasteiger partial charge in [0.1, 0.15) is 5.75 Å². The lowest BCUT2D eigenvalue weighted by Gasteiger charge is -2.26. The van der Waals surface area contributed by atoms with Gasteiger partial charge in [0.05, 0.1) is 0 Å². The van der Waals surface area contributed by atoms with Gasteiger partial charge in [0.15, 0.2) is 12.6 Å². The SMILES string of the molecule is CCCCCC(C)(C)CNC(=NC)NCc1cccc(OCC(N)=O)c1. The van der Waals surface area contributed by atoms with Crippen molar-refractivity contribution < 1.29 is 9.53 Å². The van der Waals surface area contributed by atoms with Gasteiger partial charge in [0.25, 0.3) is 5.91 Å². The molecule has 0 heterocycles. The highest BCUT2D eigenvalue weighted by atomic mass is 16.5. The molecule has 0 radical (unpaired) electrons. The van der Waals surface area contributed by atoms with Crippen LogP contribution in [0.2, 0.25) is 0 Å². The number of rotatable bonds is 11. The molecule has 0 saturated carbocycles. The van der Waals surface area contributed by atoms with E-state index in [1.165, 1.54) is 25.7 Å². The molecule has 0 bridgehead atoms. The standard InChI is InChI=1S/C20H34N4O2/c1-5-6-7-11-20(2,3)15-24-19(22-4)23-13-16-9-8-10-17(12-16)26-14-18(21)25/h8-10,12H,5-7,11,13-15H2,1-4H3,(H2,21,25)(H2,22,23,24). The summed E-state index contributed by atoms with van der Waals surface area (Å²) in [6.45, 7) is 8.16. The summed E-state index contributed by atoms with van der Waals surface area (Å²) in [7, 11) is 1.77. The summed E-state index contributed by atoms with van der Waals surface area (Å²) in [5.74, 6) is 0.916. The molecule has 1 amide bonds. The van der Waals surface area contributed by atoms with Crippen molar-refractivity contribution in [3.8, 4) is 5.75 Å². The van der Waals surface area contributed by atoms with Crippen molar-refractivity contribution in [1.29, 1.82) is 0 Å². The van der Waals surface area contributed by atoms with Crippen molar-refractivity contribution in [2.45, 2.75) is 53.0 Å². The third-order valence-corrected chi connectivity index (χ3v) is 4.15. The number of nitrogens with one attached hydrogen (secondary N) is 2. The normalized spacial score (nSPS) is 11.9. The van der Waals surface area contributed by atoms with E-state index in [9.17, 15) is 4.79 Å². The first-order valence-corrected chi connectivity index (χ1v) is 9.31. The zero-order chi connectivity index (χ0) is 19.4. The Labute approximate surface area is 157 Å². The van der Waals surface area contributed by atoms with Crippen LogP contribution in [0, 0.1) is 5.41 Å². The summed E-state index contributed by atoms with van der Waals surface area (Å²) in [5.41, 5.74) is 6.37. The quantitative estimate of drug-likeness (QED) is 0.321. The van der Waals surface area contributed by atoms with Crippen LogP contribution >= 0.6 is 0 Å². The van der Waals surface area contributed by atoms with Crippen LogP contribution in [0.25, 0.3) is 0 Å². The Morgan fingerprint density at radius 2 is 2.04 bits per heavy atom. The van der Waals surface area contributed by atoms with E-state index in [0.717, 1.165) is 18.1 Å². The van der Waals surface area contributed by atoms with Gasteiger partial charge in [-0.25, -0.2) is 0 Å². The van der Waals surface area contributed by atoms with Crippen LogP contribution in [0.15, 0.2) is 29.3 Å². The largest absolute Gasteiger partial charge is 0.484 e. The lowest BCUT2D eigenvalue weighted by molar-refractivity contribution is -0.119. The summed E-state index contributed by atoms with van der Waals surface area (Å²) in [4.78, 5) is 15.1. The van der Waals surface area contributed by atoms with Gasteiger partial charge in [0.2, 0.25) is 0 Å². The number of benzene rings is 1. The number of carbonyl (C=O) groups is 1. The van der Waals surface area contributed by atoms with E-state index in [-0.39, 0.29) is 12.0 Å². The van der Waals surface area contributed by atoms with E-state index in [0.29, 0.717) is 12.3 Å². The maximum Gasteiger partial charge on any atom is 0.255 e. The van der Waals surface area contributed by atoms with Crippen LogP contribution < -0.4 is 21.1 Å². The molecular formula is C20H34N4O2. The average molecular weight is 363 g/mol. The third-order valence-electron chi connectivity index (χ3n) is 4.15. The number of hydrogen-bond donors (Lipinski definition) is 3. The molecule has 0 saturated heterocycles. The Kier molecular flexibility index (Phi) is 9.55. The molecule has 6 nitrogen and oxygen atoms in total. The first-order chi connectivity index (χ1) is 12.4. The molecule has 0 aliphatic carbocycles. The smallest absolute Gasteiger partial charge is 0.255 e. The van der Waals surface area contributed by atoms with Gasteiger partial charge >= 0.3 is 0 Å². The number of nitrogens with zero attached hydrogens (tertiary/aromatic N) is 1. The number of ether oxygens (including phenoxy) is 1. The minimum Gasteiger partial charge on any atom is -0.484 e. The highest BCUT2D eigenvalue weighted by Gasteiger charge is 2.17. The number of aliphatic imine (C=N–C) groups is 1. The van der Waals surface area contributed by atoms with Crippen molar-refractivity contribution in [3.05, 3.63) is 29.8 Å². The molecule has 4 N–H and O–H groups in total. The molecule has 0 atom stereocenters. The van der Waals surface area contributed by atoms with Crippen LogP contribution in [0.3, 0.4) is 0 Å². The minimum absolute atomic E-state index is 0.118. The summed E-state index contributed by atoms with van der Waals surface area (Å²) in [5, 5.41) is 6.72. The van der Waals surface area contributed by atoms with Gasteiger partial charge in [-0.05, 0) is 29.5 Å². The lowest BCUT2D eigenvalue weighted by Crippen LogP contribution is -2.41. The topological polar surface area (TPSA) is 88.7 Å². The Balaban J connectivity index is 2.46. The molecule has 0 aliphatic rings. The van der Waals surface area contributed by atoms with Crippen molar-refractivity contribution in [3.63, 3.8) is 0 Å². The molecule has 0 fully saturated rings. The average Bonchev–Trinajstić information content (AvgIpc) is 2.60. The second-order valence-corrected chi connectivity index (χ2v) is 7.30. The summed E-state index contributed by atoms with van der Waals surface area (Å²) in [6, 6.07) is 7.57. The second-order valence-electron chi connectivity index (χ2n) is 7.30. The fraction of sp³-hybridized carbons (Fsp3) is 0.600. The van der Waals surface area contributed by atoms with Crippen LogP contribution in [-0.2, 0) is 11.3 Å². The number of hydrogen-bond acceptors (Lipinski definition) is 3. The fourth-order valence-corrected chi connectivity index (χ4v) is 2.57. The minimum atomic E-state index is -0.486. The van der Waals surface area contributed by atoms with Gasteiger partial charge in [-0.3, -0.25) is 9.79 Å². The molecule has 0 aliphatic heterocycles. The first-order valence-electron chi connectivity index (χ1n) is 9.31. The van der Waals surface area contributed by atoms with E-state index in [1.807, 2.05) is 18.2 Å². The van der Waals surface area contributed by atoms with E-state index in [4.69, 9.17) is 10.5 Å². The molecule has 1 rings (SSSR count). The van der Waals surface area contributed by atoms with Crippen LogP contribution in [0.1, 0.15) is 52.0 Å². The maximum absolute atomic E-state index is 10.8. The van der Waals surface area contributed by atoms with E-state index >= 15 is 0 Å². The number of carbonyl (C=O) groups excluding carboxylic acids is 1. The summed E-state index contributed by atoms with van der Waals surface area (Å²) >= 11 is 0. The predicted molar refractivity (Wildman–Crippen MR) is 107 cm³/mol. The van der Waals surface area contributed by atoms with Crippen LogP contribution in [0.4, 0.5) is 0 Å². The fourth-order valence-electron chi connectivity index (χ4n) is 2.57. The molecule has 146 valence electrons. The highest BCUT2D eigenvalue weighted by molar-refractivity contribution is 5.79. The highest BCUT2D eigenvalue weighted by Crippen LogP contribution is 2.22. The third kappa shape index (κ3) is 9.30. The van der Waals surface area contributed by atoms with E-state index < -0.39 is 5.91 Å². The Bertz CT molecular complexity index is 585. The van der Waals surface area contributed by atoms with Crippen molar-refractivity contribution in [1.82, 2.24) is 10.6 Å². The summed E-state index contributed by atoms with van der Waals surface area (Å²) in [6.07, 6.45) is 4.99. The number of unbranched alkanes of at least 4 members (excludes halogenated alkanes) is 2. The molecule has 0 unspecified atom stereocenters. The Morgan fingerprint density at radius 1 is 1.27 bits per heavy atom. The van der Waals surface area contributed by atoms with Gasteiger partial charge in [-0.1, -0.05) is 52.2 Å². The molecule has 1 aromatic rings. The second kappa shape index (κ2) is 11.4. The first kappa shape index (κ1) is 21.8. The van der Waals surface area contributed by atoms with Crippen LogP contribution in [-0.4, -0.2) is 32.1 Å². The van der Waals surface area contributed by atoms with Crippen molar-refractivity contribution >= 4 is 11.9 Å².